The van der Waals surface area contributed by atoms with Gasteiger partial charge in [0.2, 0.25) is 0 Å². The minimum atomic E-state index is -0.363. The van der Waals surface area contributed by atoms with Crippen molar-refractivity contribution < 1.29 is 5.11 Å². The van der Waals surface area contributed by atoms with Gasteiger partial charge in [-0.2, -0.15) is 0 Å². The third-order valence-electron chi connectivity index (χ3n) is 2.79. The Morgan fingerprint density at radius 2 is 1.67 bits per heavy atom. The van der Waals surface area contributed by atoms with E-state index in [9.17, 15) is 5.11 Å². The average molecular weight is 242 g/mol. The highest BCUT2D eigenvalue weighted by Crippen LogP contribution is 2.20. The van der Waals surface area contributed by atoms with Gasteiger partial charge in [-0.05, 0) is 30.2 Å². The van der Waals surface area contributed by atoms with Crippen LogP contribution in [0.5, 0.6) is 0 Å². The van der Waals surface area contributed by atoms with Crippen molar-refractivity contribution in [3.63, 3.8) is 0 Å². The topological polar surface area (TPSA) is 45.1 Å². The number of nitrogens with zero attached hydrogens (tertiary/aromatic N) is 1. The molecular weight excluding hydrogens is 224 g/mol. The molecule has 0 aliphatic heterocycles. The first-order chi connectivity index (χ1) is 8.77. The standard InChI is InChI=1S/C15H18N2O/c1-12(18)11-17-15(13-5-3-2-4-6-13)14-7-9-16-10-8-14/h2-10,12,15,17-18H,11H2,1H3. The molecule has 18 heavy (non-hydrogen) atoms. The minimum absolute atomic E-state index is 0.0869. The second-order valence-corrected chi connectivity index (χ2v) is 4.38. The number of benzene rings is 1. The van der Waals surface area contributed by atoms with Crippen LogP contribution in [0.2, 0.25) is 0 Å². The lowest BCUT2D eigenvalue weighted by atomic mass is 9.99. The molecule has 2 rings (SSSR count). The predicted octanol–water partition coefficient (Wildman–Crippen LogP) is 2.14. The first kappa shape index (κ1) is 12.7. The molecule has 1 aromatic heterocycles. The number of hydrogen-bond acceptors (Lipinski definition) is 3. The number of pyridine rings is 1. The Bertz CT molecular complexity index is 417. The van der Waals surface area contributed by atoms with E-state index < -0.39 is 0 Å². The van der Waals surface area contributed by atoms with Crippen molar-refractivity contribution in [1.29, 1.82) is 0 Å². The molecule has 94 valence electrons. The van der Waals surface area contributed by atoms with Crippen LogP contribution in [0.4, 0.5) is 0 Å². The largest absolute Gasteiger partial charge is 0.392 e. The Kier molecular flexibility index (Phi) is 4.45. The van der Waals surface area contributed by atoms with Crippen LogP contribution in [-0.2, 0) is 0 Å². The van der Waals surface area contributed by atoms with Gasteiger partial charge in [-0.1, -0.05) is 30.3 Å². The van der Waals surface area contributed by atoms with Crippen molar-refractivity contribution in [2.75, 3.05) is 6.54 Å². The summed E-state index contributed by atoms with van der Waals surface area (Å²) in [5.74, 6) is 0. The lowest BCUT2D eigenvalue weighted by molar-refractivity contribution is 0.188. The second kappa shape index (κ2) is 6.28. The summed E-state index contributed by atoms with van der Waals surface area (Å²) in [5.41, 5.74) is 2.33. The minimum Gasteiger partial charge on any atom is -0.392 e. The summed E-state index contributed by atoms with van der Waals surface area (Å²) in [5, 5.41) is 12.8. The molecule has 0 saturated heterocycles. The first-order valence-corrected chi connectivity index (χ1v) is 6.13. The highest BCUT2D eigenvalue weighted by molar-refractivity contribution is 5.30. The Morgan fingerprint density at radius 3 is 2.28 bits per heavy atom. The molecule has 1 aromatic carbocycles. The number of aliphatic hydroxyl groups excluding tert-OH is 1. The molecule has 0 aliphatic rings. The SMILES string of the molecule is CC(O)CNC(c1ccccc1)c1ccncc1. The molecule has 0 saturated carbocycles. The van der Waals surface area contributed by atoms with Crippen LogP contribution in [0.3, 0.4) is 0 Å². The Hall–Kier alpha value is -1.71. The van der Waals surface area contributed by atoms with E-state index in [0.717, 1.165) is 5.56 Å². The van der Waals surface area contributed by atoms with Gasteiger partial charge in [0.25, 0.3) is 0 Å². The lowest BCUT2D eigenvalue weighted by Crippen LogP contribution is -2.29. The molecule has 2 unspecified atom stereocenters. The second-order valence-electron chi connectivity index (χ2n) is 4.38. The fourth-order valence-corrected chi connectivity index (χ4v) is 1.92. The first-order valence-electron chi connectivity index (χ1n) is 6.13. The van der Waals surface area contributed by atoms with Crippen molar-refractivity contribution in [2.45, 2.75) is 19.1 Å². The molecule has 0 spiro atoms. The van der Waals surface area contributed by atoms with Gasteiger partial charge >= 0.3 is 0 Å². The molecule has 0 aliphatic carbocycles. The van der Waals surface area contributed by atoms with E-state index in [1.807, 2.05) is 30.3 Å². The molecule has 0 fully saturated rings. The maximum absolute atomic E-state index is 9.42. The van der Waals surface area contributed by atoms with E-state index in [-0.39, 0.29) is 12.1 Å². The number of aromatic nitrogens is 1. The van der Waals surface area contributed by atoms with Crippen molar-refractivity contribution in [1.82, 2.24) is 10.3 Å². The van der Waals surface area contributed by atoms with Crippen LogP contribution >= 0.6 is 0 Å². The van der Waals surface area contributed by atoms with Gasteiger partial charge < -0.3 is 10.4 Å². The van der Waals surface area contributed by atoms with Gasteiger partial charge in [0.15, 0.2) is 0 Å². The van der Waals surface area contributed by atoms with Crippen LogP contribution in [0.1, 0.15) is 24.1 Å². The van der Waals surface area contributed by atoms with Crippen LogP contribution in [-0.4, -0.2) is 22.7 Å². The van der Waals surface area contributed by atoms with Crippen molar-refractivity contribution >= 4 is 0 Å². The summed E-state index contributed by atoms with van der Waals surface area (Å²) in [4.78, 5) is 4.04. The monoisotopic (exact) mass is 242 g/mol. The molecule has 2 atom stereocenters. The van der Waals surface area contributed by atoms with Crippen LogP contribution in [0.25, 0.3) is 0 Å². The summed E-state index contributed by atoms with van der Waals surface area (Å²) >= 11 is 0. The fourth-order valence-electron chi connectivity index (χ4n) is 1.92. The summed E-state index contributed by atoms with van der Waals surface area (Å²) in [6.45, 7) is 2.34. The smallest absolute Gasteiger partial charge is 0.0636 e. The molecule has 1 heterocycles. The number of aliphatic hydroxyl groups is 1. The summed E-state index contributed by atoms with van der Waals surface area (Å²) in [6, 6.07) is 14.3. The molecule has 0 amide bonds. The van der Waals surface area contributed by atoms with E-state index in [2.05, 4.69) is 22.4 Å². The molecule has 2 aromatic rings. The van der Waals surface area contributed by atoms with Gasteiger partial charge in [0.1, 0.15) is 0 Å². The molecule has 3 heteroatoms. The molecule has 0 bridgehead atoms. The molecule has 2 N–H and O–H groups in total. The molecule has 3 nitrogen and oxygen atoms in total. The van der Waals surface area contributed by atoms with Crippen LogP contribution < -0.4 is 5.32 Å². The van der Waals surface area contributed by atoms with E-state index in [4.69, 9.17) is 0 Å². The quantitative estimate of drug-likeness (QED) is 0.844. The summed E-state index contributed by atoms with van der Waals surface area (Å²) in [6.07, 6.45) is 3.21. The van der Waals surface area contributed by atoms with Crippen molar-refractivity contribution in [3.8, 4) is 0 Å². The number of rotatable bonds is 5. The van der Waals surface area contributed by atoms with E-state index in [1.165, 1.54) is 5.56 Å². The Labute approximate surface area is 108 Å². The molecule has 0 radical (unpaired) electrons. The third kappa shape index (κ3) is 3.39. The Morgan fingerprint density at radius 1 is 1.06 bits per heavy atom. The van der Waals surface area contributed by atoms with E-state index >= 15 is 0 Å². The van der Waals surface area contributed by atoms with Crippen LogP contribution in [0.15, 0.2) is 54.9 Å². The summed E-state index contributed by atoms with van der Waals surface area (Å²) < 4.78 is 0. The normalized spacial score (nSPS) is 14.1. The fraction of sp³-hybridized carbons (Fsp3) is 0.267. The van der Waals surface area contributed by atoms with Gasteiger partial charge in [-0.3, -0.25) is 4.98 Å². The number of nitrogens with one attached hydrogen (secondary N) is 1. The highest BCUT2D eigenvalue weighted by atomic mass is 16.3. The maximum atomic E-state index is 9.42. The summed E-state index contributed by atoms with van der Waals surface area (Å²) in [7, 11) is 0. The van der Waals surface area contributed by atoms with Crippen LogP contribution in [0, 0.1) is 0 Å². The Balaban J connectivity index is 2.24. The van der Waals surface area contributed by atoms with Crippen molar-refractivity contribution in [2.24, 2.45) is 0 Å². The van der Waals surface area contributed by atoms with Crippen molar-refractivity contribution in [3.05, 3.63) is 66.0 Å². The predicted molar refractivity (Wildman–Crippen MR) is 72.2 cm³/mol. The van der Waals surface area contributed by atoms with E-state index in [1.54, 1.807) is 19.3 Å². The van der Waals surface area contributed by atoms with Gasteiger partial charge in [-0.15, -0.1) is 0 Å². The third-order valence-corrected chi connectivity index (χ3v) is 2.79. The van der Waals surface area contributed by atoms with E-state index in [0.29, 0.717) is 6.54 Å². The zero-order valence-electron chi connectivity index (χ0n) is 10.5. The highest BCUT2D eigenvalue weighted by Gasteiger charge is 2.13. The average Bonchev–Trinajstić information content (AvgIpc) is 2.41. The number of hydrogen-bond donors (Lipinski definition) is 2. The lowest BCUT2D eigenvalue weighted by Gasteiger charge is -2.20. The zero-order chi connectivity index (χ0) is 12.8. The molecular formula is C15H18N2O. The van der Waals surface area contributed by atoms with Gasteiger partial charge in [-0.25, -0.2) is 0 Å². The zero-order valence-corrected chi connectivity index (χ0v) is 10.5. The van der Waals surface area contributed by atoms with Gasteiger partial charge in [0, 0.05) is 18.9 Å². The maximum Gasteiger partial charge on any atom is 0.0636 e. The van der Waals surface area contributed by atoms with Gasteiger partial charge in [0.05, 0.1) is 12.1 Å².